The highest BCUT2D eigenvalue weighted by Crippen LogP contribution is 2.35. The van der Waals surface area contributed by atoms with Crippen LogP contribution in [0.4, 0.5) is 9.59 Å². The molecule has 1 aromatic heterocycles. The predicted molar refractivity (Wildman–Crippen MR) is 118 cm³/mol. The first-order valence-corrected chi connectivity index (χ1v) is 11.2. The number of likely N-dealkylation sites (tertiary alicyclic amines) is 1. The van der Waals surface area contributed by atoms with Gasteiger partial charge in [-0.25, -0.2) is 14.6 Å². The molecular formula is C22H31N3O4S. The minimum atomic E-state index is -0.868. The Labute approximate surface area is 181 Å². The molecule has 164 valence electrons. The minimum absolute atomic E-state index is 0.109. The molecule has 1 aliphatic rings. The van der Waals surface area contributed by atoms with E-state index < -0.39 is 17.8 Å². The first-order chi connectivity index (χ1) is 14.0. The summed E-state index contributed by atoms with van der Waals surface area (Å²) >= 11 is 1.60. The van der Waals surface area contributed by atoms with E-state index in [0.29, 0.717) is 18.9 Å². The van der Waals surface area contributed by atoms with Gasteiger partial charge in [0.2, 0.25) is 0 Å². The second kappa shape index (κ2) is 8.79. The molecule has 1 saturated heterocycles. The Morgan fingerprint density at radius 2 is 2.10 bits per heavy atom. The van der Waals surface area contributed by atoms with E-state index in [1.54, 1.807) is 16.2 Å². The molecule has 2 amide bonds. The Morgan fingerprint density at radius 1 is 1.37 bits per heavy atom. The van der Waals surface area contributed by atoms with Crippen molar-refractivity contribution >= 4 is 33.7 Å². The van der Waals surface area contributed by atoms with Gasteiger partial charge in [0.1, 0.15) is 5.60 Å². The zero-order chi connectivity index (χ0) is 22.1. The molecule has 2 aromatic rings. The number of amides is 2. The number of nitrogens with one attached hydrogen (secondary N) is 1. The highest BCUT2D eigenvalue weighted by atomic mass is 32.1. The lowest BCUT2D eigenvalue weighted by molar-refractivity contribution is 0.0508. The number of carbonyl (C=O) groups is 2. The first-order valence-electron chi connectivity index (χ1n) is 10.4. The van der Waals surface area contributed by atoms with Crippen molar-refractivity contribution in [1.82, 2.24) is 15.2 Å². The van der Waals surface area contributed by atoms with Gasteiger partial charge in [0.25, 0.3) is 0 Å². The summed E-state index contributed by atoms with van der Waals surface area (Å²) in [7, 11) is 0. The fraction of sp³-hybridized carbons (Fsp3) is 0.591. The Morgan fingerprint density at radius 3 is 2.77 bits per heavy atom. The van der Waals surface area contributed by atoms with E-state index in [2.05, 4.69) is 12.2 Å². The third-order valence-electron chi connectivity index (χ3n) is 5.15. The monoisotopic (exact) mass is 433 g/mol. The zero-order valence-electron chi connectivity index (χ0n) is 18.3. The molecule has 2 heterocycles. The molecule has 0 spiro atoms. The third kappa shape index (κ3) is 5.62. The van der Waals surface area contributed by atoms with Gasteiger partial charge in [-0.15, -0.1) is 11.3 Å². The zero-order valence-corrected chi connectivity index (χ0v) is 19.1. The molecule has 3 atom stereocenters. The Hall–Kier alpha value is -2.35. The number of nitrogens with zero attached hydrogens (tertiary/aromatic N) is 2. The van der Waals surface area contributed by atoms with Gasteiger partial charge in [0.15, 0.2) is 0 Å². The molecule has 0 radical (unpaired) electrons. The molecule has 1 fully saturated rings. The number of fused-ring (bicyclic) bond motifs is 1. The maximum absolute atomic E-state index is 12.0. The fourth-order valence-corrected chi connectivity index (χ4v) is 4.90. The van der Waals surface area contributed by atoms with Gasteiger partial charge in [0.05, 0.1) is 21.3 Å². The molecule has 30 heavy (non-hydrogen) atoms. The molecule has 1 unspecified atom stereocenters. The van der Waals surface area contributed by atoms with Gasteiger partial charge in [-0.1, -0.05) is 13.0 Å². The number of rotatable bonds is 4. The van der Waals surface area contributed by atoms with Crippen LogP contribution in [0.1, 0.15) is 64.1 Å². The van der Waals surface area contributed by atoms with Crippen LogP contribution < -0.4 is 5.32 Å². The van der Waals surface area contributed by atoms with Crippen LogP contribution >= 0.6 is 11.3 Å². The molecule has 1 aliphatic heterocycles. The van der Waals surface area contributed by atoms with E-state index in [9.17, 15) is 14.7 Å². The van der Waals surface area contributed by atoms with E-state index in [0.717, 1.165) is 33.6 Å². The number of aromatic nitrogens is 1. The van der Waals surface area contributed by atoms with Crippen LogP contribution in [0.2, 0.25) is 0 Å². The van der Waals surface area contributed by atoms with Crippen molar-refractivity contribution in [2.75, 3.05) is 6.54 Å². The number of carbonyl (C=O) groups excluding carboxylic acids is 1. The lowest BCUT2D eigenvalue weighted by Crippen LogP contribution is -2.40. The maximum Gasteiger partial charge on any atom is 0.407 e. The number of piperidine rings is 1. The van der Waals surface area contributed by atoms with Crippen molar-refractivity contribution < 1.29 is 19.4 Å². The molecule has 2 N–H and O–H groups in total. The Balaban J connectivity index is 1.71. The molecule has 0 aliphatic carbocycles. The van der Waals surface area contributed by atoms with E-state index in [4.69, 9.17) is 9.72 Å². The number of carboxylic acid groups (broad SMARTS) is 1. The Bertz CT molecular complexity index is 921. The summed E-state index contributed by atoms with van der Waals surface area (Å²) in [6.07, 6.45) is 1.15. The van der Waals surface area contributed by atoms with E-state index in [-0.39, 0.29) is 12.1 Å². The van der Waals surface area contributed by atoms with Crippen LogP contribution in [-0.2, 0) is 11.2 Å². The molecule has 0 bridgehead atoms. The smallest absolute Gasteiger partial charge is 0.407 e. The fourth-order valence-electron chi connectivity index (χ4n) is 3.82. The van der Waals surface area contributed by atoms with Crippen LogP contribution in [0.5, 0.6) is 0 Å². The molecular weight excluding hydrogens is 402 g/mol. The minimum Gasteiger partial charge on any atom is -0.465 e. The van der Waals surface area contributed by atoms with Crippen LogP contribution in [-0.4, -0.2) is 45.4 Å². The van der Waals surface area contributed by atoms with Gasteiger partial charge < -0.3 is 20.1 Å². The molecule has 0 saturated carbocycles. The summed E-state index contributed by atoms with van der Waals surface area (Å²) in [5, 5.41) is 13.4. The topological polar surface area (TPSA) is 91.8 Å². The van der Waals surface area contributed by atoms with Gasteiger partial charge in [-0.05, 0) is 64.2 Å². The largest absolute Gasteiger partial charge is 0.465 e. The molecule has 3 rings (SSSR count). The number of hydrogen-bond donors (Lipinski definition) is 2. The molecule has 1 aromatic carbocycles. The van der Waals surface area contributed by atoms with E-state index >= 15 is 0 Å². The number of alkyl carbamates (subject to hydrolysis) is 1. The summed E-state index contributed by atoms with van der Waals surface area (Å²) in [5.41, 5.74) is 1.34. The van der Waals surface area contributed by atoms with Gasteiger partial charge >= 0.3 is 12.2 Å². The number of ether oxygens (including phenoxy) is 1. The van der Waals surface area contributed by atoms with E-state index in [1.165, 1.54) is 0 Å². The van der Waals surface area contributed by atoms with Crippen molar-refractivity contribution in [2.45, 2.75) is 71.6 Å². The van der Waals surface area contributed by atoms with Gasteiger partial charge in [-0.3, -0.25) is 0 Å². The number of thiazole rings is 1. The highest BCUT2D eigenvalue weighted by Gasteiger charge is 2.31. The highest BCUT2D eigenvalue weighted by molar-refractivity contribution is 7.18. The second-order valence-electron chi connectivity index (χ2n) is 9.22. The summed E-state index contributed by atoms with van der Waals surface area (Å²) in [4.78, 5) is 30.0. The normalized spacial score (nSPS) is 20.8. The van der Waals surface area contributed by atoms with Gasteiger partial charge in [-0.2, -0.15) is 0 Å². The summed E-state index contributed by atoms with van der Waals surface area (Å²) in [5.74, 6) is 0.380. The van der Waals surface area contributed by atoms with Crippen LogP contribution in [0.15, 0.2) is 18.2 Å². The average molecular weight is 434 g/mol. The summed E-state index contributed by atoms with van der Waals surface area (Å²) < 4.78 is 6.36. The SMILES string of the molecule is CC(Cc1nc2cc([C@H]3CC[C@H](C)CN3C(=O)O)ccc2s1)NC(=O)OC(C)(C)C. The van der Waals surface area contributed by atoms with Crippen LogP contribution in [0.3, 0.4) is 0 Å². The van der Waals surface area contributed by atoms with E-state index in [1.807, 2.05) is 45.9 Å². The van der Waals surface area contributed by atoms with Gasteiger partial charge in [0, 0.05) is 19.0 Å². The summed E-state index contributed by atoms with van der Waals surface area (Å²) in [6, 6.07) is 5.82. The average Bonchev–Trinajstić information content (AvgIpc) is 3.00. The molecule has 7 nitrogen and oxygen atoms in total. The third-order valence-corrected chi connectivity index (χ3v) is 6.21. The lowest BCUT2D eigenvalue weighted by Gasteiger charge is -2.37. The van der Waals surface area contributed by atoms with Crippen molar-refractivity contribution in [1.29, 1.82) is 0 Å². The van der Waals surface area contributed by atoms with Crippen molar-refractivity contribution in [3.8, 4) is 0 Å². The van der Waals surface area contributed by atoms with Crippen LogP contribution in [0.25, 0.3) is 10.2 Å². The quantitative estimate of drug-likeness (QED) is 0.691. The maximum atomic E-state index is 12.0. The number of benzene rings is 1. The van der Waals surface area contributed by atoms with Crippen molar-refractivity contribution in [3.05, 3.63) is 28.8 Å². The summed E-state index contributed by atoms with van der Waals surface area (Å²) in [6.45, 7) is 10.1. The molecule has 8 heteroatoms. The predicted octanol–water partition coefficient (Wildman–Crippen LogP) is 5.20. The second-order valence-corrected chi connectivity index (χ2v) is 10.3. The first kappa shape index (κ1) is 22.3. The number of hydrogen-bond acceptors (Lipinski definition) is 5. The lowest BCUT2D eigenvalue weighted by atomic mass is 9.90. The van der Waals surface area contributed by atoms with Crippen molar-refractivity contribution in [3.63, 3.8) is 0 Å². The van der Waals surface area contributed by atoms with Crippen LogP contribution in [0, 0.1) is 5.92 Å². The Kier molecular flexibility index (Phi) is 6.55. The van der Waals surface area contributed by atoms with Crippen molar-refractivity contribution in [2.24, 2.45) is 5.92 Å². The standard InChI is InChI=1S/C22H31N3O4S/c1-13-6-8-17(25(12-13)21(27)28)15-7-9-18-16(11-15)24-19(30-18)10-14(2)23-20(26)29-22(3,4)5/h7,9,11,13-14,17H,6,8,10,12H2,1-5H3,(H,23,26)(H,27,28)/t13-,14?,17+/m0/s1.